The van der Waals surface area contributed by atoms with Crippen LogP contribution in [0.5, 0.6) is 0 Å². The molecule has 2 saturated heterocycles. The largest absolute Gasteiger partial charge is 0.352 e. The van der Waals surface area contributed by atoms with Crippen molar-refractivity contribution in [3.8, 4) is 0 Å². The second-order valence-corrected chi connectivity index (χ2v) is 2.70. The molecule has 2 aliphatic heterocycles. The van der Waals surface area contributed by atoms with E-state index < -0.39 is 0 Å². The Morgan fingerprint density at radius 1 is 1.40 bits per heavy atom. The minimum atomic E-state index is -0.0476. The molecule has 0 aromatic carbocycles. The van der Waals surface area contributed by atoms with E-state index in [1.807, 2.05) is 0 Å². The van der Waals surface area contributed by atoms with E-state index in [1.165, 1.54) is 0 Å². The zero-order valence-corrected chi connectivity index (χ0v) is 5.66. The van der Waals surface area contributed by atoms with E-state index in [-0.39, 0.29) is 12.4 Å². The number of rotatable bonds is 1. The fraction of sp³-hybridized carbons (Fsp3) is 1.00. The molecule has 2 aliphatic rings. The highest BCUT2D eigenvalue weighted by atomic mass is 16.7. The number of nitrogens with two attached hydrogens (primary N) is 1. The smallest absolute Gasteiger partial charge is 0.163 e. The van der Waals surface area contributed by atoms with Gasteiger partial charge in [0.15, 0.2) is 6.29 Å². The van der Waals surface area contributed by atoms with Crippen LogP contribution in [0.1, 0.15) is 6.42 Å². The molecule has 0 radical (unpaired) electrons. The van der Waals surface area contributed by atoms with Crippen molar-refractivity contribution < 1.29 is 14.3 Å². The van der Waals surface area contributed by atoms with Crippen LogP contribution in [0, 0.1) is 5.92 Å². The van der Waals surface area contributed by atoms with Crippen molar-refractivity contribution in [1.29, 1.82) is 0 Å². The standard InChI is InChI=1S/C6H11NO3/c7-10-5-3-9-6-4(5)1-2-8-6/h4-6H,1-3,7H2. The fourth-order valence-corrected chi connectivity index (χ4v) is 1.57. The molecule has 10 heavy (non-hydrogen) atoms. The molecule has 2 N–H and O–H groups in total. The fourth-order valence-electron chi connectivity index (χ4n) is 1.57. The third-order valence-electron chi connectivity index (χ3n) is 2.16. The van der Waals surface area contributed by atoms with E-state index >= 15 is 0 Å². The van der Waals surface area contributed by atoms with Crippen molar-refractivity contribution in [3.63, 3.8) is 0 Å². The summed E-state index contributed by atoms with van der Waals surface area (Å²) in [6.07, 6.45) is 1.01. The lowest BCUT2D eigenvalue weighted by molar-refractivity contribution is -0.0909. The molecule has 58 valence electrons. The van der Waals surface area contributed by atoms with Crippen LogP contribution < -0.4 is 5.90 Å². The molecule has 0 bridgehead atoms. The predicted molar refractivity (Wildman–Crippen MR) is 32.9 cm³/mol. The summed E-state index contributed by atoms with van der Waals surface area (Å²) in [7, 11) is 0. The Balaban J connectivity index is 2.01. The molecular formula is C6H11NO3. The Labute approximate surface area is 59.2 Å². The first-order valence-corrected chi connectivity index (χ1v) is 3.50. The minimum Gasteiger partial charge on any atom is -0.352 e. The average molecular weight is 145 g/mol. The van der Waals surface area contributed by atoms with Gasteiger partial charge >= 0.3 is 0 Å². The zero-order chi connectivity index (χ0) is 6.97. The molecule has 3 unspecified atom stereocenters. The predicted octanol–water partition coefficient (Wildman–Crippen LogP) is -0.362. The maximum absolute atomic E-state index is 5.25. The van der Waals surface area contributed by atoms with Crippen molar-refractivity contribution in [3.05, 3.63) is 0 Å². The highest BCUT2D eigenvalue weighted by Gasteiger charge is 2.42. The van der Waals surface area contributed by atoms with Crippen molar-refractivity contribution >= 4 is 0 Å². The maximum atomic E-state index is 5.25. The summed E-state index contributed by atoms with van der Waals surface area (Å²) in [5.74, 6) is 5.42. The minimum absolute atomic E-state index is 0.0476. The van der Waals surface area contributed by atoms with Gasteiger partial charge < -0.3 is 9.47 Å². The Morgan fingerprint density at radius 3 is 3.10 bits per heavy atom. The Bertz CT molecular complexity index is 130. The van der Waals surface area contributed by atoms with Crippen molar-refractivity contribution in [2.24, 2.45) is 11.8 Å². The van der Waals surface area contributed by atoms with Gasteiger partial charge in [0.1, 0.15) is 6.10 Å². The molecule has 2 fully saturated rings. The monoisotopic (exact) mass is 145 g/mol. The first-order chi connectivity index (χ1) is 4.92. The van der Waals surface area contributed by atoms with Gasteiger partial charge in [-0.2, -0.15) is 0 Å². The normalized spacial score (nSPS) is 45.9. The highest BCUT2D eigenvalue weighted by molar-refractivity contribution is 4.82. The lowest BCUT2D eigenvalue weighted by Gasteiger charge is -2.10. The Kier molecular flexibility index (Phi) is 1.61. The van der Waals surface area contributed by atoms with Crippen LogP contribution >= 0.6 is 0 Å². The molecule has 2 rings (SSSR count). The molecule has 0 aromatic rings. The summed E-state index contributed by atoms with van der Waals surface area (Å²) in [5, 5.41) is 0. The summed E-state index contributed by atoms with van der Waals surface area (Å²) < 4.78 is 10.5. The first-order valence-electron chi connectivity index (χ1n) is 3.50. The summed E-state index contributed by atoms with van der Waals surface area (Å²) in [4.78, 5) is 4.72. The van der Waals surface area contributed by atoms with E-state index in [0.717, 1.165) is 13.0 Å². The van der Waals surface area contributed by atoms with Crippen LogP contribution in [-0.4, -0.2) is 25.6 Å². The van der Waals surface area contributed by atoms with Gasteiger partial charge in [-0.3, -0.25) is 4.84 Å². The second-order valence-electron chi connectivity index (χ2n) is 2.70. The number of hydrogen-bond donors (Lipinski definition) is 1. The Hall–Kier alpha value is -0.160. The van der Waals surface area contributed by atoms with E-state index in [4.69, 9.17) is 20.2 Å². The average Bonchev–Trinajstić information content (AvgIpc) is 2.44. The molecule has 3 atom stereocenters. The molecule has 0 aliphatic carbocycles. The van der Waals surface area contributed by atoms with E-state index in [0.29, 0.717) is 12.5 Å². The first kappa shape index (κ1) is 6.54. The van der Waals surface area contributed by atoms with Gasteiger partial charge in [0.05, 0.1) is 13.2 Å². The van der Waals surface area contributed by atoms with Gasteiger partial charge in [0.2, 0.25) is 0 Å². The summed E-state index contributed by atoms with van der Waals surface area (Å²) in [6, 6.07) is 0. The lowest BCUT2D eigenvalue weighted by atomic mass is 10.0. The van der Waals surface area contributed by atoms with Crippen LogP contribution in [-0.2, 0) is 14.3 Å². The molecule has 0 aromatic heterocycles. The van der Waals surface area contributed by atoms with Crippen molar-refractivity contribution in [2.75, 3.05) is 13.2 Å². The topological polar surface area (TPSA) is 53.7 Å². The van der Waals surface area contributed by atoms with Gasteiger partial charge in [-0.25, -0.2) is 5.90 Å². The van der Waals surface area contributed by atoms with Crippen molar-refractivity contribution in [1.82, 2.24) is 0 Å². The van der Waals surface area contributed by atoms with E-state index in [9.17, 15) is 0 Å². The van der Waals surface area contributed by atoms with Crippen molar-refractivity contribution in [2.45, 2.75) is 18.8 Å². The molecule has 4 heteroatoms. The van der Waals surface area contributed by atoms with Crippen LogP contribution in [0.15, 0.2) is 0 Å². The van der Waals surface area contributed by atoms with Crippen LogP contribution in [0.2, 0.25) is 0 Å². The molecule has 4 nitrogen and oxygen atoms in total. The van der Waals surface area contributed by atoms with E-state index in [1.54, 1.807) is 0 Å². The summed E-state index contributed by atoms with van der Waals surface area (Å²) in [5.41, 5.74) is 0. The van der Waals surface area contributed by atoms with Crippen LogP contribution in [0.25, 0.3) is 0 Å². The summed E-state index contributed by atoms with van der Waals surface area (Å²) in [6.45, 7) is 1.35. The molecule has 0 saturated carbocycles. The van der Waals surface area contributed by atoms with Gasteiger partial charge in [-0.15, -0.1) is 0 Å². The van der Waals surface area contributed by atoms with Crippen LogP contribution in [0.3, 0.4) is 0 Å². The number of fused-ring (bicyclic) bond motifs is 1. The maximum Gasteiger partial charge on any atom is 0.163 e. The van der Waals surface area contributed by atoms with Gasteiger partial charge in [-0.05, 0) is 6.42 Å². The Morgan fingerprint density at radius 2 is 2.30 bits per heavy atom. The zero-order valence-electron chi connectivity index (χ0n) is 5.66. The molecule has 0 amide bonds. The second kappa shape index (κ2) is 2.47. The van der Waals surface area contributed by atoms with Crippen LogP contribution in [0.4, 0.5) is 0 Å². The SMILES string of the molecule is NOC1COC2OCCC12. The number of ether oxygens (including phenoxy) is 2. The number of hydrogen-bond acceptors (Lipinski definition) is 4. The summed E-state index contributed by atoms with van der Waals surface area (Å²) >= 11 is 0. The highest BCUT2D eigenvalue weighted by Crippen LogP contribution is 2.31. The molecule has 0 spiro atoms. The molecule has 2 heterocycles. The van der Waals surface area contributed by atoms with Gasteiger partial charge in [0, 0.05) is 5.92 Å². The third-order valence-corrected chi connectivity index (χ3v) is 2.16. The quantitative estimate of drug-likeness (QED) is 0.512. The van der Waals surface area contributed by atoms with Gasteiger partial charge in [-0.1, -0.05) is 0 Å². The molecular weight excluding hydrogens is 134 g/mol. The van der Waals surface area contributed by atoms with E-state index in [2.05, 4.69) is 0 Å². The third kappa shape index (κ3) is 0.845. The van der Waals surface area contributed by atoms with Gasteiger partial charge in [0.25, 0.3) is 0 Å². The lowest BCUT2D eigenvalue weighted by Crippen LogP contribution is -2.25.